The van der Waals surface area contributed by atoms with E-state index in [1.807, 2.05) is 18.4 Å². The summed E-state index contributed by atoms with van der Waals surface area (Å²) in [7, 11) is 1.61. The molecule has 0 saturated carbocycles. The van der Waals surface area contributed by atoms with E-state index < -0.39 is 12.5 Å². The second-order valence-electron chi connectivity index (χ2n) is 6.91. The van der Waals surface area contributed by atoms with Gasteiger partial charge in [0.15, 0.2) is 5.16 Å². The summed E-state index contributed by atoms with van der Waals surface area (Å²) in [5, 5.41) is 12.4. The molecule has 0 aliphatic rings. The van der Waals surface area contributed by atoms with Crippen molar-refractivity contribution < 1.29 is 18.3 Å². The number of benzene rings is 1. The molecule has 1 N–H and O–H groups in total. The molecule has 0 bridgehead atoms. The smallest absolute Gasteiger partial charge is 0.321 e. The van der Waals surface area contributed by atoms with Crippen molar-refractivity contribution >= 4 is 34.5 Å². The number of rotatable bonds is 9. The second-order valence-corrected chi connectivity index (χ2v) is 7.85. The summed E-state index contributed by atoms with van der Waals surface area (Å²) in [6, 6.07) is 8.74. The van der Waals surface area contributed by atoms with Gasteiger partial charge in [0.05, 0.1) is 22.3 Å². The lowest BCUT2D eigenvalue weighted by Crippen LogP contribution is -2.19. The average Bonchev–Trinajstić information content (AvgIpc) is 3.22. The molecule has 0 saturated heterocycles. The van der Waals surface area contributed by atoms with Crippen LogP contribution in [0, 0.1) is 25.2 Å². The number of fused-ring (bicyclic) bond motifs is 1. The molecule has 0 atom stereocenters. The Morgan fingerprint density at radius 2 is 2.10 bits per heavy atom. The number of amides is 1. The number of nitriles is 1. The molecule has 7 nitrogen and oxygen atoms in total. The number of nitrogens with one attached hydrogen (secondary N) is 1. The van der Waals surface area contributed by atoms with Crippen LogP contribution in [0.4, 0.5) is 14.6 Å². The van der Waals surface area contributed by atoms with Gasteiger partial charge in [-0.05, 0) is 38.0 Å². The van der Waals surface area contributed by atoms with Crippen molar-refractivity contribution in [2.45, 2.75) is 38.5 Å². The van der Waals surface area contributed by atoms with Gasteiger partial charge in [0, 0.05) is 26.0 Å². The Morgan fingerprint density at radius 1 is 1.35 bits per heavy atom. The largest absolute Gasteiger partial charge is 0.385 e. The Bertz CT molecular complexity index is 1130. The normalized spacial score (nSPS) is 11.3. The number of carbonyl (C=O) groups excluding carboxylic acids is 1. The highest BCUT2D eigenvalue weighted by atomic mass is 32.2. The Morgan fingerprint density at radius 3 is 2.77 bits per heavy atom. The number of para-hydroxylation sites is 2. The first-order valence-electron chi connectivity index (χ1n) is 9.65. The number of nitrogens with zero attached hydrogens (tertiary/aromatic N) is 4. The van der Waals surface area contributed by atoms with Crippen LogP contribution in [0.25, 0.3) is 11.0 Å². The van der Waals surface area contributed by atoms with Crippen molar-refractivity contribution in [3.8, 4) is 6.07 Å². The Labute approximate surface area is 183 Å². The van der Waals surface area contributed by atoms with Crippen LogP contribution >= 0.6 is 11.8 Å². The first kappa shape index (κ1) is 22.8. The third kappa shape index (κ3) is 4.73. The molecule has 31 heavy (non-hydrogen) atoms. The van der Waals surface area contributed by atoms with E-state index in [0.717, 1.165) is 27.6 Å². The summed E-state index contributed by atoms with van der Waals surface area (Å²) in [5.41, 5.74) is 2.83. The Hall–Kier alpha value is -2.90. The number of ether oxygens (including phenoxy) is 1. The average molecular weight is 448 g/mol. The summed E-state index contributed by atoms with van der Waals surface area (Å²) >= 11 is 0.928. The number of alkyl halides is 2. The van der Waals surface area contributed by atoms with Crippen molar-refractivity contribution in [1.82, 2.24) is 14.1 Å². The van der Waals surface area contributed by atoms with Crippen LogP contribution in [0.1, 0.15) is 29.8 Å². The fourth-order valence-electron chi connectivity index (χ4n) is 3.39. The van der Waals surface area contributed by atoms with Crippen LogP contribution in [0.5, 0.6) is 0 Å². The van der Waals surface area contributed by atoms with E-state index in [2.05, 4.69) is 16.4 Å². The minimum Gasteiger partial charge on any atom is -0.385 e. The molecule has 0 unspecified atom stereocenters. The number of hydrogen-bond acceptors (Lipinski definition) is 5. The maximum absolute atomic E-state index is 13.6. The van der Waals surface area contributed by atoms with Crippen LogP contribution < -0.4 is 5.32 Å². The highest BCUT2D eigenvalue weighted by Crippen LogP contribution is 2.30. The number of carbonyl (C=O) groups is 1. The van der Waals surface area contributed by atoms with Gasteiger partial charge >= 0.3 is 6.55 Å². The quantitative estimate of drug-likeness (QED) is 0.386. The van der Waals surface area contributed by atoms with Crippen molar-refractivity contribution in [3.05, 3.63) is 41.1 Å². The summed E-state index contributed by atoms with van der Waals surface area (Å²) in [4.78, 5) is 16.9. The molecule has 1 aromatic carbocycles. The van der Waals surface area contributed by atoms with Gasteiger partial charge in [-0.3, -0.25) is 9.36 Å². The van der Waals surface area contributed by atoms with Gasteiger partial charge in [0.2, 0.25) is 5.91 Å². The lowest BCUT2D eigenvalue weighted by atomic mass is 10.2. The van der Waals surface area contributed by atoms with E-state index in [-0.39, 0.29) is 10.9 Å². The number of aromatic nitrogens is 3. The molecule has 0 radical (unpaired) electrons. The van der Waals surface area contributed by atoms with Crippen molar-refractivity contribution in [3.63, 3.8) is 0 Å². The topological polar surface area (TPSA) is 84.9 Å². The summed E-state index contributed by atoms with van der Waals surface area (Å²) < 4.78 is 34.9. The SMILES string of the molecule is COCCCn1c(C)c(C)c(C#N)c1NC(=O)CSc1nc2ccccc2n1C(F)F. The van der Waals surface area contributed by atoms with Crippen molar-refractivity contribution in [2.75, 3.05) is 24.8 Å². The van der Waals surface area contributed by atoms with Crippen LogP contribution in [-0.4, -0.2) is 39.5 Å². The van der Waals surface area contributed by atoms with Crippen LogP contribution in [0.15, 0.2) is 29.4 Å². The third-order valence-electron chi connectivity index (χ3n) is 5.02. The molecule has 10 heteroatoms. The summed E-state index contributed by atoms with van der Waals surface area (Å²) in [6.45, 7) is 2.07. The molecule has 3 aromatic rings. The van der Waals surface area contributed by atoms with Gasteiger partial charge in [-0.15, -0.1) is 0 Å². The molecular weight excluding hydrogens is 424 g/mol. The molecular formula is C21H23F2N5O2S. The monoisotopic (exact) mass is 447 g/mol. The molecule has 0 fully saturated rings. The van der Waals surface area contributed by atoms with Gasteiger partial charge in [0.25, 0.3) is 0 Å². The molecule has 164 valence electrons. The van der Waals surface area contributed by atoms with Gasteiger partial charge in [0.1, 0.15) is 11.9 Å². The summed E-state index contributed by atoms with van der Waals surface area (Å²) in [5.74, 6) is -0.108. The third-order valence-corrected chi connectivity index (χ3v) is 5.97. The van der Waals surface area contributed by atoms with Crippen LogP contribution in [-0.2, 0) is 16.1 Å². The predicted molar refractivity (Wildman–Crippen MR) is 115 cm³/mol. The lowest BCUT2D eigenvalue weighted by molar-refractivity contribution is -0.113. The highest BCUT2D eigenvalue weighted by molar-refractivity contribution is 7.99. The van der Waals surface area contributed by atoms with E-state index >= 15 is 0 Å². The maximum Gasteiger partial charge on any atom is 0.321 e. The number of anilines is 1. The van der Waals surface area contributed by atoms with Crippen LogP contribution in [0.3, 0.4) is 0 Å². The molecule has 1 amide bonds. The van der Waals surface area contributed by atoms with E-state index in [4.69, 9.17) is 4.74 Å². The number of hydrogen-bond donors (Lipinski definition) is 1. The number of imidazole rings is 1. The maximum atomic E-state index is 13.6. The van der Waals surface area contributed by atoms with E-state index in [0.29, 0.717) is 42.0 Å². The molecule has 0 aliphatic heterocycles. The number of halogens is 2. The van der Waals surface area contributed by atoms with Crippen molar-refractivity contribution in [2.24, 2.45) is 0 Å². The predicted octanol–water partition coefficient (Wildman–Crippen LogP) is 4.49. The number of thioether (sulfide) groups is 1. The van der Waals surface area contributed by atoms with Gasteiger partial charge in [-0.2, -0.15) is 14.0 Å². The standard InChI is InChI=1S/C21H23F2N5O2S/c1-13-14(2)27(9-6-10-30-3)19(15(13)11-24)26-18(29)12-31-21-25-16-7-4-5-8-17(16)28(21)20(22)23/h4-5,7-8,20H,6,9-10,12H2,1-3H3,(H,26,29). The van der Waals surface area contributed by atoms with Crippen LogP contribution in [0.2, 0.25) is 0 Å². The summed E-state index contributed by atoms with van der Waals surface area (Å²) in [6.07, 6.45) is 0.715. The second kappa shape index (κ2) is 9.94. The van der Waals surface area contributed by atoms with Crippen molar-refractivity contribution in [1.29, 1.82) is 5.26 Å². The fraction of sp³-hybridized carbons (Fsp3) is 0.381. The first-order chi connectivity index (χ1) is 14.9. The fourth-order valence-corrected chi connectivity index (χ4v) is 4.20. The Kier molecular flexibility index (Phi) is 7.30. The minimum absolute atomic E-state index is 0.0645. The van der Waals surface area contributed by atoms with Gasteiger partial charge < -0.3 is 14.6 Å². The molecule has 2 aromatic heterocycles. The van der Waals surface area contributed by atoms with Gasteiger partial charge in [-0.25, -0.2) is 4.98 Å². The lowest BCUT2D eigenvalue weighted by Gasteiger charge is -2.13. The number of methoxy groups -OCH3 is 1. The molecule has 2 heterocycles. The zero-order valence-electron chi connectivity index (χ0n) is 17.5. The minimum atomic E-state index is -2.77. The van der Waals surface area contributed by atoms with E-state index in [1.165, 1.54) is 0 Å². The molecule has 0 spiro atoms. The van der Waals surface area contributed by atoms with Gasteiger partial charge in [-0.1, -0.05) is 23.9 Å². The molecule has 0 aliphatic carbocycles. The zero-order valence-corrected chi connectivity index (χ0v) is 18.3. The zero-order chi connectivity index (χ0) is 22.5. The first-order valence-corrected chi connectivity index (χ1v) is 10.6. The highest BCUT2D eigenvalue weighted by Gasteiger charge is 2.21. The molecule has 3 rings (SSSR count). The van der Waals surface area contributed by atoms with E-state index in [1.54, 1.807) is 31.4 Å². The Balaban J connectivity index is 1.79. The van der Waals surface area contributed by atoms with E-state index in [9.17, 15) is 18.8 Å².